The Balaban J connectivity index is 1.49. The lowest BCUT2D eigenvalue weighted by Crippen LogP contribution is -2.40. The van der Waals surface area contributed by atoms with Gasteiger partial charge in [0, 0.05) is 31.7 Å². The van der Waals surface area contributed by atoms with Gasteiger partial charge in [0.1, 0.15) is 0 Å². The number of carbonyl (C=O) groups is 2. The van der Waals surface area contributed by atoms with Crippen molar-refractivity contribution >= 4 is 17.5 Å². The third-order valence-corrected chi connectivity index (χ3v) is 5.43. The Hall–Kier alpha value is -2.62. The molecule has 0 spiro atoms. The second kappa shape index (κ2) is 6.60. The van der Waals surface area contributed by atoms with E-state index in [2.05, 4.69) is 18.2 Å². The van der Waals surface area contributed by atoms with Gasteiger partial charge < -0.3 is 9.80 Å². The van der Waals surface area contributed by atoms with Gasteiger partial charge in [0.15, 0.2) is 0 Å². The lowest BCUT2D eigenvalue weighted by Gasteiger charge is -2.30. The Labute approximate surface area is 154 Å². The minimum Gasteiger partial charge on any atom is -0.338 e. The van der Waals surface area contributed by atoms with Gasteiger partial charge in [-0.15, -0.1) is 0 Å². The van der Waals surface area contributed by atoms with Crippen LogP contribution in [0.5, 0.6) is 0 Å². The number of fused-ring (bicyclic) bond motifs is 1. The average Bonchev–Trinajstić information content (AvgIpc) is 3.01. The number of nitrogens with zero attached hydrogens (tertiary/aromatic N) is 2. The second-order valence-electron chi connectivity index (χ2n) is 7.53. The Bertz CT molecular complexity index is 854. The number of aryl methyl sites for hydroxylation is 2. The summed E-state index contributed by atoms with van der Waals surface area (Å²) in [5, 5.41) is 0. The van der Waals surface area contributed by atoms with Crippen LogP contribution in [0, 0.1) is 19.8 Å². The van der Waals surface area contributed by atoms with E-state index >= 15 is 0 Å². The molecule has 0 N–H and O–H groups in total. The molecular weight excluding hydrogens is 324 g/mol. The molecule has 4 nitrogen and oxygen atoms in total. The molecule has 2 aliphatic rings. The van der Waals surface area contributed by atoms with Crippen LogP contribution < -0.4 is 4.90 Å². The molecule has 0 unspecified atom stereocenters. The van der Waals surface area contributed by atoms with E-state index in [1.807, 2.05) is 43.0 Å². The molecule has 1 fully saturated rings. The van der Waals surface area contributed by atoms with Crippen LogP contribution in [0.25, 0.3) is 0 Å². The van der Waals surface area contributed by atoms with Gasteiger partial charge in [-0.2, -0.15) is 0 Å². The maximum atomic E-state index is 13.0. The van der Waals surface area contributed by atoms with Crippen LogP contribution in [-0.4, -0.2) is 29.8 Å². The van der Waals surface area contributed by atoms with Crippen LogP contribution in [0.4, 0.5) is 5.69 Å². The molecule has 2 aromatic carbocycles. The first-order valence-electron chi connectivity index (χ1n) is 9.25. The number of hydrogen-bond donors (Lipinski definition) is 0. The minimum absolute atomic E-state index is 0.0470. The second-order valence-corrected chi connectivity index (χ2v) is 7.53. The van der Waals surface area contributed by atoms with Gasteiger partial charge in [-0.25, -0.2) is 0 Å². The van der Waals surface area contributed by atoms with Gasteiger partial charge in [0.05, 0.1) is 5.92 Å². The lowest BCUT2D eigenvalue weighted by atomic mass is 9.98. The predicted octanol–water partition coefficient (Wildman–Crippen LogP) is 3.24. The topological polar surface area (TPSA) is 40.6 Å². The summed E-state index contributed by atoms with van der Waals surface area (Å²) in [6.45, 7) is 5.95. The number of amides is 2. The molecule has 2 aromatic rings. The fraction of sp³-hybridized carbons (Fsp3) is 0.364. The van der Waals surface area contributed by atoms with Gasteiger partial charge in [0.2, 0.25) is 11.8 Å². The van der Waals surface area contributed by atoms with Gasteiger partial charge in [-0.1, -0.05) is 30.3 Å². The zero-order valence-electron chi connectivity index (χ0n) is 15.4. The molecule has 0 saturated carbocycles. The first-order chi connectivity index (χ1) is 12.5. The molecule has 0 radical (unpaired) electrons. The molecule has 0 aliphatic carbocycles. The number of benzene rings is 2. The SMILES string of the molecule is Cc1cc(C)cc(N2C[C@@H](C(=O)N3CCc4ccccc4C3)CC2=O)c1. The van der Waals surface area contributed by atoms with Crippen LogP contribution >= 0.6 is 0 Å². The molecule has 2 heterocycles. The van der Waals surface area contributed by atoms with E-state index in [-0.39, 0.29) is 17.7 Å². The summed E-state index contributed by atoms with van der Waals surface area (Å²) in [6, 6.07) is 14.4. The van der Waals surface area contributed by atoms with Crippen molar-refractivity contribution in [3.8, 4) is 0 Å². The molecule has 0 aromatic heterocycles. The van der Waals surface area contributed by atoms with Crippen molar-refractivity contribution in [1.29, 1.82) is 0 Å². The van der Waals surface area contributed by atoms with Crippen LogP contribution in [-0.2, 0) is 22.6 Å². The Kier molecular flexibility index (Phi) is 4.27. The number of carbonyl (C=O) groups excluding carboxylic acids is 2. The van der Waals surface area contributed by atoms with Crippen molar-refractivity contribution in [2.75, 3.05) is 18.0 Å². The average molecular weight is 348 g/mol. The van der Waals surface area contributed by atoms with Crippen LogP contribution in [0.3, 0.4) is 0 Å². The number of anilines is 1. The van der Waals surface area contributed by atoms with Gasteiger partial charge in [-0.3, -0.25) is 9.59 Å². The summed E-state index contributed by atoms with van der Waals surface area (Å²) in [5.74, 6) is -0.0842. The van der Waals surface area contributed by atoms with E-state index in [9.17, 15) is 9.59 Å². The minimum atomic E-state index is -0.242. The highest BCUT2D eigenvalue weighted by atomic mass is 16.2. The van der Waals surface area contributed by atoms with E-state index in [0.29, 0.717) is 19.5 Å². The molecule has 2 aliphatic heterocycles. The van der Waals surface area contributed by atoms with E-state index in [4.69, 9.17) is 0 Å². The molecule has 26 heavy (non-hydrogen) atoms. The molecule has 1 atom stereocenters. The molecule has 134 valence electrons. The number of hydrogen-bond acceptors (Lipinski definition) is 2. The third-order valence-electron chi connectivity index (χ3n) is 5.43. The normalized spacial score (nSPS) is 19.6. The lowest BCUT2D eigenvalue weighted by molar-refractivity contribution is -0.136. The quantitative estimate of drug-likeness (QED) is 0.836. The van der Waals surface area contributed by atoms with Crippen LogP contribution in [0.2, 0.25) is 0 Å². The predicted molar refractivity (Wildman–Crippen MR) is 102 cm³/mol. The summed E-state index contributed by atoms with van der Waals surface area (Å²) in [5.41, 5.74) is 5.73. The summed E-state index contributed by atoms with van der Waals surface area (Å²) in [6.07, 6.45) is 1.20. The maximum absolute atomic E-state index is 13.0. The van der Waals surface area contributed by atoms with E-state index in [1.54, 1.807) is 4.90 Å². The van der Waals surface area contributed by atoms with E-state index in [1.165, 1.54) is 11.1 Å². The molecule has 2 amide bonds. The molecule has 4 heteroatoms. The van der Waals surface area contributed by atoms with E-state index < -0.39 is 0 Å². The Morgan fingerprint density at radius 2 is 1.73 bits per heavy atom. The number of rotatable bonds is 2. The third kappa shape index (κ3) is 3.12. The molecule has 0 bridgehead atoms. The largest absolute Gasteiger partial charge is 0.338 e. The van der Waals surface area contributed by atoms with Crippen molar-refractivity contribution in [3.63, 3.8) is 0 Å². The molecular formula is C22H24N2O2. The highest BCUT2D eigenvalue weighted by molar-refractivity contribution is 6.00. The monoisotopic (exact) mass is 348 g/mol. The molecule has 4 rings (SSSR count). The van der Waals surface area contributed by atoms with Crippen molar-refractivity contribution < 1.29 is 9.59 Å². The van der Waals surface area contributed by atoms with E-state index in [0.717, 1.165) is 29.8 Å². The Morgan fingerprint density at radius 3 is 2.46 bits per heavy atom. The van der Waals surface area contributed by atoms with Gasteiger partial charge >= 0.3 is 0 Å². The summed E-state index contributed by atoms with van der Waals surface area (Å²) >= 11 is 0. The zero-order valence-corrected chi connectivity index (χ0v) is 15.4. The van der Waals surface area contributed by atoms with Crippen LogP contribution in [0.1, 0.15) is 28.7 Å². The highest BCUT2D eigenvalue weighted by Crippen LogP contribution is 2.29. The summed E-state index contributed by atoms with van der Waals surface area (Å²) < 4.78 is 0. The van der Waals surface area contributed by atoms with Crippen molar-refractivity contribution in [1.82, 2.24) is 4.90 Å². The highest BCUT2D eigenvalue weighted by Gasteiger charge is 2.37. The maximum Gasteiger partial charge on any atom is 0.228 e. The Morgan fingerprint density at radius 1 is 1.04 bits per heavy atom. The fourth-order valence-electron chi connectivity index (χ4n) is 4.17. The fourth-order valence-corrected chi connectivity index (χ4v) is 4.17. The first kappa shape index (κ1) is 16.8. The smallest absolute Gasteiger partial charge is 0.228 e. The first-order valence-corrected chi connectivity index (χ1v) is 9.25. The van der Waals surface area contributed by atoms with Crippen molar-refractivity contribution in [2.24, 2.45) is 5.92 Å². The van der Waals surface area contributed by atoms with Gasteiger partial charge in [0.25, 0.3) is 0 Å². The molecule has 1 saturated heterocycles. The van der Waals surface area contributed by atoms with Crippen molar-refractivity contribution in [2.45, 2.75) is 33.2 Å². The van der Waals surface area contributed by atoms with Gasteiger partial charge in [-0.05, 0) is 54.7 Å². The summed E-state index contributed by atoms with van der Waals surface area (Å²) in [7, 11) is 0. The van der Waals surface area contributed by atoms with Crippen LogP contribution in [0.15, 0.2) is 42.5 Å². The summed E-state index contributed by atoms with van der Waals surface area (Å²) in [4.78, 5) is 29.3. The van der Waals surface area contributed by atoms with Crippen molar-refractivity contribution in [3.05, 3.63) is 64.7 Å². The zero-order chi connectivity index (χ0) is 18.3. The standard InChI is InChI=1S/C22H24N2O2/c1-15-9-16(2)11-20(10-15)24-14-19(12-21(24)25)22(26)23-8-7-17-5-3-4-6-18(17)13-23/h3-6,9-11,19H,7-8,12-14H2,1-2H3/t19-/m0/s1.